The highest BCUT2D eigenvalue weighted by Crippen LogP contribution is 2.31. The summed E-state index contributed by atoms with van der Waals surface area (Å²) in [6.45, 7) is 2.76. The SMILES string of the molecule is COC1CC2=NCNC(Nc3cccc(C)c3)C2CC1OC. The maximum absolute atomic E-state index is 5.63. The van der Waals surface area contributed by atoms with E-state index in [0.717, 1.165) is 18.5 Å². The Morgan fingerprint density at radius 1 is 1.23 bits per heavy atom. The van der Waals surface area contributed by atoms with E-state index in [4.69, 9.17) is 9.47 Å². The average Bonchev–Trinajstić information content (AvgIpc) is 2.54. The summed E-state index contributed by atoms with van der Waals surface area (Å²) >= 11 is 0. The molecule has 0 aromatic heterocycles. The number of fused-ring (bicyclic) bond motifs is 1. The monoisotopic (exact) mass is 303 g/mol. The molecule has 0 amide bonds. The van der Waals surface area contributed by atoms with Gasteiger partial charge in [0.15, 0.2) is 0 Å². The van der Waals surface area contributed by atoms with Crippen molar-refractivity contribution >= 4 is 11.4 Å². The molecule has 3 rings (SSSR count). The second-order valence-electron chi connectivity index (χ2n) is 6.10. The number of ether oxygens (including phenoxy) is 2. The lowest BCUT2D eigenvalue weighted by Crippen LogP contribution is -2.55. The fourth-order valence-corrected chi connectivity index (χ4v) is 3.47. The number of nitrogens with zero attached hydrogens (tertiary/aromatic N) is 1. The number of hydrogen-bond donors (Lipinski definition) is 2. The van der Waals surface area contributed by atoms with Gasteiger partial charge in [-0.3, -0.25) is 10.3 Å². The van der Waals surface area contributed by atoms with Crippen LogP contribution in [0.3, 0.4) is 0 Å². The lowest BCUT2D eigenvalue weighted by atomic mass is 9.80. The summed E-state index contributed by atoms with van der Waals surface area (Å²) in [5.41, 5.74) is 3.64. The molecule has 1 aliphatic carbocycles. The Morgan fingerprint density at radius 3 is 2.77 bits per heavy atom. The Labute approximate surface area is 132 Å². The van der Waals surface area contributed by atoms with Crippen molar-refractivity contribution in [2.45, 2.75) is 38.1 Å². The highest BCUT2D eigenvalue weighted by Gasteiger charge is 2.40. The zero-order chi connectivity index (χ0) is 15.5. The van der Waals surface area contributed by atoms with Gasteiger partial charge in [-0.15, -0.1) is 0 Å². The van der Waals surface area contributed by atoms with Gasteiger partial charge in [0.25, 0.3) is 0 Å². The van der Waals surface area contributed by atoms with Crippen molar-refractivity contribution in [3.63, 3.8) is 0 Å². The zero-order valence-corrected chi connectivity index (χ0v) is 13.5. The fraction of sp³-hybridized carbons (Fsp3) is 0.588. The van der Waals surface area contributed by atoms with E-state index in [0.29, 0.717) is 12.6 Å². The first-order chi connectivity index (χ1) is 10.7. The Morgan fingerprint density at radius 2 is 2.05 bits per heavy atom. The second-order valence-corrected chi connectivity index (χ2v) is 6.10. The topological polar surface area (TPSA) is 54.9 Å². The van der Waals surface area contributed by atoms with Crippen molar-refractivity contribution in [3.8, 4) is 0 Å². The molecule has 0 spiro atoms. The van der Waals surface area contributed by atoms with Crippen LogP contribution in [0.15, 0.2) is 29.3 Å². The Bertz CT molecular complexity index is 546. The molecule has 4 atom stereocenters. The van der Waals surface area contributed by atoms with Crippen molar-refractivity contribution in [2.24, 2.45) is 10.9 Å². The van der Waals surface area contributed by atoms with Crippen LogP contribution in [0, 0.1) is 12.8 Å². The number of anilines is 1. The molecule has 5 nitrogen and oxygen atoms in total. The number of hydrogen-bond acceptors (Lipinski definition) is 5. The summed E-state index contributed by atoms with van der Waals surface area (Å²) in [6, 6.07) is 8.46. The molecule has 0 radical (unpaired) electrons. The minimum Gasteiger partial charge on any atom is -0.379 e. The third kappa shape index (κ3) is 3.16. The van der Waals surface area contributed by atoms with Gasteiger partial charge in [-0.25, -0.2) is 0 Å². The molecule has 1 aromatic carbocycles. The molecular formula is C17H25N3O2. The van der Waals surface area contributed by atoms with E-state index < -0.39 is 0 Å². The Hall–Kier alpha value is -1.43. The Kier molecular flexibility index (Phi) is 4.76. The van der Waals surface area contributed by atoms with E-state index in [9.17, 15) is 0 Å². The van der Waals surface area contributed by atoms with Crippen molar-refractivity contribution in [2.75, 3.05) is 26.2 Å². The third-order valence-corrected chi connectivity index (χ3v) is 4.68. The Balaban J connectivity index is 1.75. The van der Waals surface area contributed by atoms with E-state index in [1.807, 2.05) is 0 Å². The van der Waals surface area contributed by atoms with Crippen molar-refractivity contribution < 1.29 is 9.47 Å². The van der Waals surface area contributed by atoms with E-state index in [1.165, 1.54) is 11.3 Å². The van der Waals surface area contributed by atoms with Crippen LogP contribution in [-0.4, -0.2) is 45.0 Å². The van der Waals surface area contributed by atoms with Crippen LogP contribution < -0.4 is 10.6 Å². The minimum atomic E-state index is 0.109. The number of aryl methyl sites for hydroxylation is 1. The van der Waals surface area contributed by atoms with Gasteiger partial charge < -0.3 is 14.8 Å². The lowest BCUT2D eigenvalue weighted by molar-refractivity contribution is -0.0499. The molecule has 1 heterocycles. The first-order valence-corrected chi connectivity index (χ1v) is 7.86. The van der Waals surface area contributed by atoms with Crippen LogP contribution in [0.1, 0.15) is 18.4 Å². The number of aliphatic imine (C=N–C) groups is 1. The van der Waals surface area contributed by atoms with E-state index >= 15 is 0 Å². The van der Waals surface area contributed by atoms with Gasteiger partial charge >= 0.3 is 0 Å². The van der Waals surface area contributed by atoms with Crippen LogP contribution >= 0.6 is 0 Å². The molecule has 4 unspecified atom stereocenters. The number of benzene rings is 1. The summed E-state index contributed by atoms with van der Waals surface area (Å²) in [5, 5.41) is 7.08. The molecule has 1 fully saturated rings. The lowest BCUT2D eigenvalue weighted by Gasteiger charge is -2.42. The number of methoxy groups -OCH3 is 2. The van der Waals surface area contributed by atoms with Crippen LogP contribution in [0.5, 0.6) is 0 Å². The predicted octanol–water partition coefficient (Wildman–Crippen LogP) is 2.17. The van der Waals surface area contributed by atoms with Gasteiger partial charge in [0.1, 0.15) is 0 Å². The minimum absolute atomic E-state index is 0.109. The van der Waals surface area contributed by atoms with Gasteiger partial charge in [0.2, 0.25) is 0 Å². The molecule has 0 bridgehead atoms. The summed E-state index contributed by atoms with van der Waals surface area (Å²) < 4.78 is 11.2. The predicted molar refractivity (Wildman–Crippen MR) is 88.3 cm³/mol. The summed E-state index contributed by atoms with van der Waals surface area (Å²) in [6.07, 6.45) is 2.19. The molecule has 0 saturated heterocycles. The molecule has 2 aliphatic rings. The van der Waals surface area contributed by atoms with Crippen LogP contribution in [0.25, 0.3) is 0 Å². The van der Waals surface area contributed by atoms with Gasteiger partial charge in [0, 0.05) is 38.0 Å². The molecule has 1 aromatic rings. The molecule has 22 heavy (non-hydrogen) atoms. The van der Waals surface area contributed by atoms with Crippen LogP contribution in [-0.2, 0) is 9.47 Å². The van der Waals surface area contributed by atoms with E-state index in [1.54, 1.807) is 14.2 Å². The van der Waals surface area contributed by atoms with E-state index in [2.05, 4.69) is 46.8 Å². The zero-order valence-electron chi connectivity index (χ0n) is 13.5. The van der Waals surface area contributed by atoms with Gasteiger partial charge in [0.05, 0.1) is 25.0 Å². The van der Waals surface area contributed by atoms with E-state index in [-0.39, 0.29) is 18.4 Å². The highest BCUT2D eigenvalue weighted by molar-refractivity contribution is 5.89. The fourth-order valence-electron chi connectivity index (χ4n) is 3.47. The van der Waals surface area contributed by atoms with Gasteiger partial charge in [-0.05, 0) is 31.0 Å². The molecule has 120 valence electrons. The van der Waals surface area contributed by atoms with Crippen LogP contribution in [0.4, 0.5) is 5.69 Å². The molecule has 2 N–H and O–H groups in total. The average molecular weight is 303 g/mol. The largest absolute Gasteiger partial charge is 0.379 e. The quantitative estimate of drug-likeness (QED) is 0.895. The van der Waals surface area contributed by atoms with Gasteiger partial charge in [-0.1, -0.05) is 12.1 Å². The summed E-state index contributed by atoms with van der Waals surface area (Å²) in [7, 11) is 3.51. The highest BCUT2D eigenvalue weighted by atomic mass is 16.5. The summed E-state index contributed by atoms with van der Waals surface area (Å²) in [4.78, 5) is 4.66. The maximum Gasteiger partial charge on any atom is 0.0899 e. The molecule has 1 saturated carbocycles. The normalized spacial score (nSPS) is 31.3. The molecular weight excluding hydrogens is 278 g/mol. The standard InChI is InChI=1S/C17H25N3O2/c1-11-5-4-6-12(7-11)20-17-13-8-15(21-2)16(22-3)9-14(13)18-10-19-17/h4-7,13,15-17,19-20H,8-10H2,1-3H3. The van der Waals surface area contributed by atoms with Crippen molar-refractivity contribution in [1.29, 1.82) is 0 Å². The molecule has 5 heteroatoms. The number of nitrogens with one attached hydrogen (secondary N) is 2. The molecule has 1 aliphatic heterocycles. The van der Waals surface area contributed by atoms with Gasteiger partial charge in [-0.2, -0.15) is 0 Å². The first kappa shape index (κ1) is 15.5. The number of rotatable bonds is 4. The maximum atomic E-state index is 5.63. The van der Waals surface area contributed by atoms with Crippen molar-refractivity contribution in [3.05, 3.63) is 29.8 Å². The first-order valence-electron chi connectivity index (χ1n) is 7.86. The van der Waals surface area contributed by atoms with Crippen molar-refractivity contribution in [1.82, 2.24) is 5.32 Å². The third-order valence-electron chi connectivity index (χ3n) is 4.68. The van der Waals surface area contributed by atoms with Crippen LogP contribution in [0.2, 0.25) is 0 Å². The second kappa shape index (κ2) is 6.77. The smallest absolute Gasteiger partial charge is 0.0899 e. The summed E-state index contributed by atoms with van der Waals surface area (Å²) in [5.74, 6) is 0.339.